The third-order valence-electron chi connectivity index (χ3n) is 7.29. The van der Waals surface area contributed by atoms with Gasteiger partial charge in [0, 0.05) is 25.1 Å². The lowest BCUT2D eigenvalue weighted by molar-refractivity contribution is -0.140. The molecule has 0 unspecified atom stereocenters. The summed E-state index contributed by atoms with van der Waals surface area (Å²) in [6, 6.07) is 26.1. The Morgan fingerprint density at radius 3 is 2.15 bits per heavy atom. The molecule has 0 aliphatic heterocycles. The fraction of sp³-hybridized carbons (Fsp3) is 0.257. The minimum absolute atomic E-state index is 0.0501. The summed E-state index contributed by atoms with van der Waals surface area (Å²) >= 11 is 6.40. The van der Waals surface area contributed by atoms with Crippen LogP contribution in [-0.4, -0.2) is 51.4 Å². The maximum Gasteiger partial charge on any atom is 0.264 e. The summed E-state index contributed by atoms with van der Waals surface area (Å²) in [7, 11) is -2.88. The van der Waals surface area contributed by atoms with Crippen molar-refractivity contribution in [2.45, 2.75) is 37.8 Å². The van der Waals surface area contributed by atoms with Crippen LogP contribution < -0.4 is 14.4 Å². The molecule has 8 nitrogen and oxygen atoms in total. The van der Waals surface area contributed by atoms with Gasteiger partial charge in [-0.3, -0.25) is 13.9 Å². The quantitative estimate of drug-likeness (QED) is 0.176. The highest BCUT2D eigenvalue weighted by Gasteiger charge is 2.35. The molecule has 0 aliphatic rings. The van der Waals surface area contributed by atoms with Crippen LogP contribution in [-0.2, 0) is 32.6 Å². The summed E-state index contributed by atoms with van der Waals surface area (Å²) in [6.07, 6.45) is 0.116. The molecule has 0 saturated carbocycles. The predicted octanol–water partition coefficient (Wildman–Crippen LogP) is 6.10. The summed E-state index contributed by atoms with van der Waals surface area (Å²) in [5.74, 6) is -1.26. The molecule has 46 heavy (non-hydrogen) atoms. The van der Waals surface area contributed by atoms with E-state index in [1.807, 2.05) is 44.2 Å². The normalized spacial score (nSPS) is 12.0. The van der Waals surface area contributed by atoms with Gasteiger partial charge in [0.2, 0.25) is 11.8 Å². The van der Waals surface area contributed by atoms with Gasteiger partial charge in [0.25, 0.3) is 10.0 Å². The van der Waals surface area contributed by atoms with Crippen molar-refractivity contribution in [3.8, 4) is 5.75 Å². The van der Waals surface area contributed by atoms with Crippen LogP contribution in [0.5, 0.6) is 5.75 Å². The first-order chi connectivity index (χ1) is 22.0. The Morgan fingerprint density at radius 2 is 1.54 bits per heavy atom. The molecule has 1 atom stereocenters. The SMILES string of the molecule is COc1ccc(N(CC(=O)N(Cc2ccccc2F)[C@H](Cc2ccccc2)C(=O)NCC(C)C)S(=O)(=O)c2ccccc2)cc1Cl. The van der Waals surface area contributed by atoms with Gasteiger partial charge in [-0.15, -0.1) is 0 Å². The first-order valence-electron chi connectivity index (χ1n) is 14.8. The van der Waals surface area contributed by atoms with Gasteiger partial charge in [0.1, 0.15) is 24.2 Å². The van der Waals surface area contributed by atoms with Crippen LogP contribution in [0.3, 0.4) is 0 Å². The van der Waals surface area contributed by atoms with Gasteiger partial charge >= 0.3 is 0 Å². The lowest BCUT2D eigenvalue weighted by Crippen LogP contribution is -2.53. The van der Waals surface area contributed by atoms with Crippen LogP contribution >= 0.6 is 11.6 Å². The van der Waals surface area contributed by atoms with E-state index in [0.29, 0.717) is 12.3 Å². The minimum Gasteiger partial charge on any atom is -0.495 e. The number of carbonyl (C=O) groups is 2. The zero-order valence-corrected chi connectivity index (χ0v) is 27.5. The van der Waals surface area contributed by atoms with E-state index >= 15 is 4.39 Å². The summed E-state index contributed by atoms with van der Waals surface area (Å²) < 4.78 is 49.4. The van der Waals surface area contributed by atoms with Gasteiger partial charge in [-0.2, -0.15) is 0 Å². The Bertz CT molecular complexity index is 1740. The van der Waals surface area contributed by atoms with Crippen LogP contribution in [0, 0.1) is 11.7 Å². The zero-order chi connectivity index (χ0) is 33.3. The Kier molecular flexibility index (Phi) is 11.8. The second kappa shape index (κ2) is 15.7. The van der Waals surface area contributed by atoms with E-state index in [1.165, 1.54) is 60.5 Å². The second-order valence-corrected chi connectivity index (χ2v) is 13.4. The van der Waals surface area contributed by atoms with Crippen molar-refractivity contribution in [2.75, 3.05) is 24.5 Å². The van der Waals surface area contributed by atoms with Crippen molar-refractivity contribution >= 4 is 39.1 Å². The number of methoxy groups -OCH3 is 1. The smallest absolute Gasteiger partial charge is 0.264 e. The molecule has 4 aromatic carbocycles. The molecule has 0 aromatic heterocycles. The maximum absolute atomic E-state index is 15.0. The van der Waals surface area contributed by atoms with Crippen molar-refractivity contribution < 1.29 is 27.1 Å². The van der Waals surface area contributed by atoms with Gasteiger partial charge in [0.05, 0.1) is 22.7 Å². The molecule has 4 aromatic rings. The lowest BCUT2D eigenvalue weighted by atomic mass is 10.0. The summed E-state index contributed by atoms with van der Waals surface area (Å²) in [6.45, 7) is 3.27. The molecule has 0 saturated heterocycles. The fourth-order valence-corrected chi connectivity index (χ4v) is 6.52. The Hall–Kier alpha value is -4.41. The minimum atomic E-state index is -4.31. The number of hydrogen-bond donors (Lipinski definition) is 1. The van der Waals surface area contributed by atoms with Gasteiger partial charge in [-0.25, -0.2) is 12.8 Å². The number of halogens is 2. The molecular formula is C35H37ClFN3O5S. The van der Waals surface area contributed by atoms with E-state index < -0.39 is 40.2 Å². The molecule has 242 valence electrons. The molecule has 11 heteroatoms. The molecule has 0 heterocycles. The van der Waals surface area contributed by atoms with Crippen LogP contribution in [0.2, 0.25) is 5.02 Å². The molecular weight excluding hydrogens is 629 g/mol. The zero-order valence-electron chi connectivity index (χ0n) is 25.9. The molecule has 0 fully saturated rings. The van der Waals surface area contributed by atoms with Crippen molar-refractivity contribution in [3.05, 3.63) is 125 Å². The largest absolute Gasteiger partial charge is 0.495 e. The summed E-state index contributed by atoms with van der Waals surface area (Å²) in [5, 5.41) is 3.05. The number of nitrogens with zero attached hydrogens (tertiary/aromatic N) is 2. The van der Waals surface area contributed by atoms with E-state index in [9.17, 15) is 18.0 Å². The molecule has 0 spiro atoms. The average molecular weight is 666 g/mol. The number of hydrogen-bond acceptors (Lipinski definition) is 5. The van der Waals surface area contributed by atoms with E-state index in [2.05, 4.69) is 5.32 Å². The van der Waals surface area contributed by atoms with Crippen LogP contribution in [0.4, 0.5) is 10.1 Å². The van der Waals surface area contributed by atoms with Gasteiger partial charge in [0.15, 0.2) is 0 Å². The highest BCUT2D eigenvalue weighted by atomic mass is 35.5. The number of anilines is 1. The number of ether oxygens (including phenoxy) is 1. The monoisotopic (exact) mass is 665 g/mol. The van der Waals surface area contributed by atoms with E-state index in [0.717, 1.165) is 9.87 Å². The number of nitrogens with one attached hydrogen (secondary N) is 1. The van der Waals surface area contributed by atoms with Crippen molar-refractivity contribution in [2.24, 2.45) is 5.92 Å². The van der Waals surface area contributed by atoms with Gasteiger partial charge in [-0.05, 0) is 47.9 Å². The second-order valence-electron chi connectivity index (χ2n) is 11.1. The van der Waals surface area contributed by atoms with E-state index in [1.54, 1.807) is 24.3 Å². The Balaban J connectivity index is 1.82. The standard InChI is InChI=1S/C35H37ClFN3O5S/c1-25(2)22-38-35(42)32(20-26-12-6-4-7-13-26)39(23-27-14-10-11-17-31(27)37)34(41)24-40(28-18-19-33(45-3)30(36)21-28)46(43,44)29-15-8-5-9-16-29/h4-19,21,25,32H,20,22-24H2,1-3H3,(H,38,42)/t32-/m1/s1. The first kappa shape index (κ1) is 34.5. The van der Waals surface area contributed by atoms with Gasteiger partial charge < -0.3 is 15.0 Å². The van der Waals surface area contributed by atoms with E-state index in [4.69, 9.17) is 16.3 Å². The Morgan fingerprint density at radius 1 is 0.913 bits per heavy atom. The summed E-state index contributed by atoms with van der Waals surface area (Å²) in [4.78, 5) is 29.5. The molecule has 0 radical (unpaired) electrons. The number of rotatable bonds is 14. The Labute approximate surface area is 274 Å². The van der Waals surface area contributed by atoms with Crippen LogP contribution in [0.25, 0.3) is 0 Å². The van der Waals surface area contributed by atoms with Crippen LogP contribution in [0.1, 0.15) is 25.0 Å². The number of sulfonamides is 1. The van der Waals surface area contributed by atoms with Crippen LogP contribution in [0.15, 0.2) is 108 Å². The number of benzene rings is 4. The third-order valence-corrected chi connectivity index (χ3v) is 9.37. The third kappa shape index (κ3) is 8.64. The van der Waals surface area contributed by atoms with Crippen molar-refractivity contribution in [3.63, 3.8) is 0 Å². The number of carbonyl (C=O) groups excluding carboxylic acids is 2. The van der Waals surface area contributed by atoms with Gasteiger partial charge in [-0.1, -0.05) is 92.2 Å². The predicted molar refractivity (Wildman–Crippen MR) is 178 cm³/mol. The van der Waals surface area contributed by atoms with E-state index in [-0.39, 0.29) is 40.1 Å². The highest BCUT2D eigenvalue weighted by Crippen LogP contribution is 2.32. The summed E-state index contributed by atoms with van der Waals surface area (Å²) in [5.41, 5.74) is 1.06. The molecule has 0 aliphatic carbocycles. The molecule has 2 amide bonds. The van der Waals surface area contributed by atoms with Crippen molar-refractivity contribution in [1.82, 2.24) is 10.2 Å². The molecule has 1 N–H and O–H groups in total. The molecule has 4 rings (SSSR count). The number of amides is 2. The average Bonchev–Trinajstić information content (AvgIpc) is 3.05. The maximum atomic E-state index is 15.0. The topological polar surface area (TPSA) is 96.0 Å². The highest BCUT2D eigenvalue weighted by molar-refractivity contribution is 7.92. The molecule has 0 bridgehead atoms. The fourth-order valence-electron chi connectivity index (χ4n) is 4.85. The lowest BCUT2D eigenvalue weighted by Gasteiger charge is -2.34. The first-order valence-corrected chi connectivity index (χ1v) is 16.6. The van der Waals surface area contributed by atoms with Crippen molar-refractivity contribution in [1.29, 1.82) is 0 Å².